The molecule has 26 heavy (non-hydrogen) atoms. The molecule has 0 radical (unpaired) electrons. The average Bonchev–Trinajstić information content (AvgIpc) is 2.98. The van der Waals surface area contributed by atoms with Gasteiger partial charge in [-0.25, -0.2) is 0 Å². The smallest absolute Gasteiger partial charge is 0.235 e. The van der Waals surface area contributed by atoms with E-state index in [2.05, 4.69) is 53.6 Å². The summed E-state index contributed by atoms with van der Waals surface area (Å²) >= 11 is 1.48. The van der Waals surface area contributed by atoms with E-state index in [1.807, 2.05) is 25.7 Å². The molecule has 0 aliphatic carbocycles. The molecule has 0 N–H and O–H groups in total. The second-order valence-corrected chi connectivity index (χ2v) is 8.06. The summed E-state index contributed by atoms with van der Waals surface area (Å²) in [6.07, 6.45) is 0. The monoisotopic (exact) mass is 370 g/mol. The van der Waals surface area contributed by atoms with Crippen molar-refractivity contribution < 1.29 is 4.79 Å². The van der Waals surface area contributed by atoms with Crippen LogP contribution in [0.5, 0.6) is 0 Å². The molecule has 1 amide bonds. The summed E-state index contributed by atoms with van der Waals surface area (Å²) in [5, 5.41) is 10.5. The number of benzene rings is 1. The fourth-order valence-electron chi connectivity index (χ4n) is 3.49. The zero-order valence-corrected chi connectivity index (χ0v) is 17.1. The lowest BCUT2D eigenvalue weighted by Gasteiger charge is -2.22. The Bertz CT molecular complexity index is 975. The first kappa shape index (κ1) is 18.7. The van der Waals surface area contributed by atoms with Crippen molar-refractivity contribution in [2.75, 3.05) is 13.1 Å². The van der Waals surface area contributed by atoms with Crippen LogP contribution in [0.2, 0.25) is 0 Å². The summed E-state index contributed by atoms with van der Waals surface area (Å²) in [6, 6.07) is 6.45. The van der Waals surface area contributed by atoms with E-state index in [9.17, 15) is 4.79 Å². The van der Waals surface area contributed by atoms with Crippen LogP contribution >= 0.6 is 11.8 Å². The van der Waals surface area contributed by atoms with Gasteiger partial charge in [0.15, 0.2) is 10.8 Å². The molecule has 3 aromatic rings. The van der Waals surface area contributed by atoms with Crippen LogP contribution in [0.25, 0.3) is 16.6 Å². The number of aryl methyl sites for hydroxylation is 3. The fourth-order valence-corrected chi connectivity index (χ4v) is 4.44. The maximum atomic E-state index is 12.6. The van der Waals surface area contributed by atoms with E-state index < -0.39 is 0 Å². The third-order valence-electron chi connectivity index (χ3n) is 4.80. The Labute approximate surface area is 158 Å². The van der Waals surface area contributed by atoms with Crippen molar-refractivity contribution in [2.45, 2.75) is 51.9 Å². The Morgan fingerprint density at radius 2 is 1.81 bits per heavy atom. The molecule has 0 saturated heterocycles. The number of nitrogens with zero attached hydrogens (tertiary/aromatic N) is 4. The van der Waals surface area contributed by atoms with Gasteiger partial charge in [-0.15, -0.1) is 10.2 Å². The minimum atomic E-state index is -0.204. The Morgan fingerprint density at radius 1 is 1.12 bits per heavy atom. The summed E-state index contributed by atoms with van der Waals surface area (Å²) in [5.41, 5.74) is 5.57. The number of pyridine rings is 1. The molecule has 0 bridgehead atoms. The summed E-state index contributed by atoms with van der Waals surface area (Å²) in [4.78, 5) is 14.5. The van der Waals surface area contributed by atoms with E-state index in [4.69, 9.17) is 0 Å². The number of rotatable bonds is 5. The van der Waals surface area contributed by atoms with Crippen LogP contribution in [0.15, 0.2) is 23.4 Å². The van der Waals surface area contributed by atoms with E-state index in [0.29, 0.717) is 0 Å². The van der Waals surface area contributed by atoms with Crippen LogP contribution in [-0.2, 0) is 4.79 Å². The van der Waals surface area contributed by atoms with Gasteiger partial charge >= 0.3 is 0 Å². The number of hydrogen-bond acceptors (Lipinski definition) is 4. The van der Waals surface area contributed by atoms with Gasteiger partial charge in [0.05, 0.1) is 10.8 Å². The highest BCUT2D eigenvalue weighted by Crippen LogP contribution is 2.30. The van der Waals surface area contributed by atoms with Gasteiger partial charge in [0.25, 0.3) is 0 Å². The van der Waals surface area contributed by atoms with Gasteiger partial charge in [0.2, 0.25) is 5.91 Å². The highest BCUT2D eigenvalue weighted by molar-refractivity contribution is 8.00. The minimum absolute atomic E-state index is 0.140. The molecule has 1 unspecified atom stereocenters. The van der Waals surface area contributed by atoms with Gasteiger partial charge in [0, 0.05) is 18.5 Å². The lowest BCUT2D eigenvalue weighted by molar-refractivity contribution is -0.129. The van der Waals surface area contributed by atoms with Crippen LogP contribution < -0.4 is 0 Å². The van der Waals surface area contributed by atoms with Gasteiger partial charge in [0.1, 0.15) is 0 Å². The predicted octanol–water partition coefficient (Wildman–Crippen LogP) is 4.16. The predicted molar refractivity (Wildman–Crippen MR) is 108 cm³/mol. The number of thioether (sulfide) groups is 1. The largest absolute Gasteiger partial charge is 0.342 e. The average molecular weight is 371 g/mol. The number of hydrogen-bond donors (Lipinski definition) is 0. The topological polar surface area (TPSA) is 50.5 Å². The number of carbonyl (C=O) groups excluding carboxylic acids is 1. The Balaban J connectivity index is 2.11. The molecule has 6 heteroatoms. The van der Waals surface area contributed by atoms with Crippen molar-refractivity contribution in [3.8, 4) is 0 Å². The highest BCUT2D eigenvalue weighted by Gasteiger charge is 2.22. The fraction of sp³-hybridized carbons (Fsp3) is 0.450. The molecule has 5 nitrogen and oxygen atoms in total. The van der Waals surface area contributed by atoms with Crippen LogP contribution in [0.3, 0.4) is 0 Å². The molecule has 3 rings (SSSR count). The third kappa shape index (κ3) is 3.18. The summed E-state index contributed by atoms with van der Waals surface area (Å²) in [5.74, 6) is 0.140. The van der Waals surface area contributed by atoms with Crippen LogP contribution in [0, 0.1) is 20.8 Å². The molecule has 0 saturated carbocycles. The van der Waals surface area contributed by atoms with Gasteiger partial charge in [-0.1, -0.05) is 23.4 Å². The van der Waals surface area contributed by atoms with Crippen molar-refractivity contribution in [1.82, 2.24) is 19.5 Å². The molecule has 138 valence electrons. The second kappa shape index (κ2) is 7.27. The highest BCUT2D eigenvalue weighted by atomic mass is 32.2. The maximum Gasteiger partial charge on any atom is 0.235 e. The van der Waals surface area contributed by atoms with Crippen LogP contribution in [-0.4, -0.2) is 43.7 Å². The van der Waals surface area contributed by atoms with Gasteiger partial charge < -0.3 is 4.90 Å². The number of fused-ring (bicyclic) bond motifs is 3. The molecule has 2 aromatic heterocycles. The van der Waals surface area contributed by atoms with Crippen molar-refractivity contribution in [2.24, 2.45) is 0 Å². The molecular formula is C20H26N4OS. The van der Waals surface area contributed by atoms with E-state index in [1.165, 1.54) is 33.8 Å². The number of carbonyl (C=O) groups is 1. The van der Waals surface area contributed by atoms with Crippen molar-refractivity contribution in [3.05, 3.63) is 34.9 Å². The molecule has 2 heterocycles. The van der Waals surface area contributed by atoms with E-state index in [0.717, 1.165) is 29.4 Å². The number of aromatic nitrogens is 3. The first-order chi connectivity index (χ1) is 12.4. The molecular weight excluding hydrogens is 344 g/mol. The second-order valence-electron chi connectivity index (χ2n) is 6.75. The SMILES string of the molecule is CCN(CC)C(=O)C(C)Sc1nnc2cc(C)c3cc(C)cc(C)c3n12. The Hall–Kier alpha value is -2.08. The lowest BCUT2D eigenvalue weighted by atomic mass is 10.0. The van der Waals surface area contributed by atoms with Gasteiger partial charge in [-0.3, -0.25) is 9.20 Å². The van der Waals surface area contributed by atoms with Crippen molar-refractivity contribution in [3.63, 3.8) is 0 Å². The molecule has 0 fully saturated rings. The van der Waals surface area contributed by atoms with E-state index in [1.54, 1.807) is 0 Å². The molecule has 1 aromatic carbocycles. The summed E-state index contributed by atoms with van der Waals surface area (Å²) < 4.78 is 2.09. The standard InChI is InChI=1S/C20H26N4OS/c1-7-23(8-2)19(25)15(6)26-20-22-21-17-11-13(4)16-10-12(3)9-14(5)18(16)24(17)20/h9-11,15H,7-8H2,1-6H3. The zero-order chi connectivity index (χ0) is 19.0. The first-order valence-electron chi connectivity index (χ1n) is 9.08. The first-order valence-corrected chi connectivity index (χ1v) is 9.96. The summed E-state index contributed by atoms with van der Waals surface area (Å²) in [6.45, 7) is 13.7. The van der Waals surface area contributed by atoms with Gasteiger partial charge in [-0.05, 0) is 64.8 Å². The van der Waals surface area contributed by atoms with Gasteiger partial charge in [-0.2, -0.15) is 0 Å². The minimum Gasteiger partial charge on any atom is -0.342 e. The normalized spacial score (nSPS) is 12.7. The Kier molecular flexibility index (Phi) is 5.23. The van der Waals surface area contributed by atoms with E-state index >= 15 is 0 Å². The quantitative estimate of drug-likeness (QED) is 0.633. The number of amides is 1. The van der Waals surface area contributed by atoms with Crippen LogP contribution in [0.4, 0.5) is 0 Å². The van der Waals surface area contributed by atoms with Crippen molar-refractivity contribution >= 4 is 34.2 Å². The van der Waals surface area contributed by atoms with E-state index in [-0.39, 0.29) is 11.2 Å². The molecule has 1 atom stereocenters. The third-order valence-corrected chi connectivity index (χ3v) is 5.83. The maximum absolute atomic E-state index is 12.6. The van der Waals surface area contributed by atoms with Crippen molar-refractivity contribution in [1.29, 1.82) is 0 Å². The van der Waals surface area contributed by atoms with Crippen LogP contribution in [0.1, 0.15) is 37.5 Å². The lowest BCUT2D eigenvalue weighted by Crippen LogP contribution is -2.36. The molecule has 0 aliphatic heterocycles. The summed E-state index contributed by atoms with van der Waals surface area (Å²) in [7, 11) is 0. The molecule has 0 aliphatic rings. The molecule has 0 spiro atoms. The Morgan fingerprint density at radius 3 is 2.46 bits per heavy atom. The zero-order valence-electron chi connectivity index (χ0n) is 16.3.